The van der Waals surface area contributed by atoms with Crippen LogP contribution in [0.2, 0.25) is 0 Å². The third-order valence-corrected chi connectivity index (χ3v) is 8.22. The average molecular weight is 557 g/mol. The largest absolute Gasteiger partial charge is 0.512 e. The third-order valence-electron chi connectivity index (χ3n) is 8.22. The van der Waals surface area contributed by atoms with Gasteiger partial charge in [0, 0.05) is 59.8 Å². The number of aromatic hydroxyl groups is 3. The van der Waals surface area contributed by atoms with E-state index in [0.717, 1.165) is 6.92 Å². The highest BCUT2D eigenvalue weighted by atomic mass is 16.3. The zero-order valence-corrected chi connectivity index (χ0v) is 25.1. The van der Waals surface area contributed by atoms with Crippen molar-refractivity contribution in [3.8, 4) is 17.2 Å². The zero-order valence-electron chi connectivity index (χ0n) is 25.1. The molecule has 1 aromatic carbocycles. The maximum absolute atomic E-state index is 13.4. The Morgan fingerprint density at radius 1 is 0.625 bits per heavy atom. The molecule has 2 aliphatic carbocycles. The van der Waals surface area contributed by atoms with Crippen LogP contribution < -0.4 is 0 Å². The lowest BCUT2D eigenvalue weighted by molar-refractivity contribution is -0.119. The van der Waals surface area contributed by atoms with Gasteiger partial charge in [0.1, 0.15) is 34.3 Å². The van der Waals surface area contributed by atoms with Gasteiger partial charge >= 0.3 is 0 Å². The molecule has 2 aliphatic rings. The third kappa shape index (κ3) is 5.50. The van der Waals surface area contributed by atoms with Crippen molar-refractivity contribution in [1.29, 1.82) is 0 Å². The van der Waals surface area contributed by atoms with Crippen LogP contribution in [0.5, 0.6) is 17.2 Å². The molecule has 1 aromatic rings. The summed E-state index contributed by atoms with van der Waals surface area (Å²) in [6.07, 6.45) is 0.703. The number of aliphatic hydroxyl groups excluding tert-OH is 2. The number of Topliss-reactive ketones (excluding diaryl/α,β-unsaturated/α-hetero) is 3. The summed E-state index contributed by atoms with van der Waals surface area (Å²) in [7, 11) is 0. The molecule has 220 valence electrons. The quantitative estimate of drug-likeness (QED) is 0.228. The standard InChI is InChI=1S/C32H44O8/c1-14(2)21(24-17(34)10-31(6,7)11-18(24)35)26-28(38)23(16(5)33)29(39)27(30(26)40)22(15(3)4)25-19(36)12-32(8,9)13-20(25)37/h14-15,21-22,34,36,38-40H,10-13H2,1-9H3. The van der Waals surface area contributed by atoms with Crippen molar-refractivity contribution in [2.75, 3.05) is 0 Å². The monoisotopic (exact) mass is 556 g/mol. The van der Waals surface area contributed by atoms with E-state index < -0.39 is 63.1 Å². The second-order valence-corrected chi connectivity index (χ2v) is 13.9. The SMILES string of the molecule is CC(=O)c1c(O)c(C(C2=C(O)CC(C)(C)CC2=O)C(C)C)c(O)c(C(C2=C(O)CC(C)(C)CC2=O)C(C)C)c1O. The van der Waals surface area contributed by atoms with Crippen LogP contribution in [0.1, 0.15) is 121 Å². The van der Waals surface area contributed by atoms with Gasteiger partial charge in [-0.25, -0.2) is 0 Å². The first-order chi connectivity index (χ1) is 18.2. The van der Waals surface area contributed by atoms with Crippen LogP contribution in [-0.2, 0) is 9.59 Å². The van der Waals surface area contributed by atoms with Crippen molar-refractivity contribution in [3.05, 3.63) is 39.4 Å². The highest BCUT2D eigenvalue weighted by Gasteiger charge is 2.45. The van der Waals surface area contributed by atoms with Crippen LogP contribution in [0.3, 0.4) is 0 Å². The molecule has 0 spiro atoms. The van der Waals surface area contributed by atoms with Crippen LogP contribution in [0.25, 0.3) is 0 Å². The minimum absolute atomic E-state index is 0.0460. The summed E-state index contributed by atoms with van der Waals surface area (Å²) in [5, 5.41) is 56.7. The van der Waals surface area contributed by atoms with Gasteiger partial charge in [0.2, 0.25) is 0 Å². The van der Waals surface area contributed by atoms with E-state index in [0.29, 0.717) is 0 Å². The highest BCUT2D eigenvalue weighted by molar-refractivity contribution is 6.04. The van der Waals surface area contributed by atoms with Gasteiger partial charge in [-0.15, -0.1) is 0 Å². The van der Waals surface area contributed by atoms with Crippen molar-refractivity contribution in [1.82, 2.24) is 0 Å². The Kier molecular flexibility index (Phi) is 8.28. The molecule has 8 nitrogen and oxygen atoms in total. The lowest BCUT2D eigenvalue weighted by Crippen LogP contribution is -2.31. The molecule has 0 amide bonds. The number of aliphatic hydroxyl groups is 2. The predicted octanol–water partition coefficient (Wildman–Crippen LogP) is 6.89. The lowest BCUT2D eigenvalue weighted by atomic mass is 9.67. The van der Waals surface area contributed by atoms with Crippen LogP contribution in [0, 0.1) is 22.7 Å². The van der Waals surface area contributed by atoms with Crippen molar-refractivity contribution in [2.45, 2.75) is 99.8 Å². The molecule has 0 aliphatic heterocycles. The molecule has 0 heterocycles. The Labute approximate surface area is 236 Å². The van der Waals surface area contributed by atoms with E-state index in [1.807, 2.05) is 27.7 Å². The van der Waals surface area contributed by atoms with Crippen LogP contribution in [0.15, 0.2) is 22.7 Å². The Balaban J connectivity index is 2.46. The minimum Gasteiger partial charge on any atom is -0.512 e. The molecule has 2 unspecified atom stereocenters. The number of carbonyl (C=O) groups is 3. The van der Waals surface area contributed by atoms with Crippen LogP contribution in [-0.4, -0.2) is 42.9 Å². The number of rotatable bonds is 7. The van der Waals surface area contributed by atoms with Crippen LogP contribution in [0.4, 0.5) is 0 Å². The van der Waals surface area contributed by atoms with Gasteiger partial charge in [0.25, 0.3) is 0 Å². The molecule has 40 heavy (non-hydrogen) atoms. The summed E-state index contributed by atoms with van der Waals surface area (Å²) in [5.74, 6) is -6.50. The smallest absolute Gasteiger partial charge is 0.167 e. The van der Waals surface area contributed by atoms with E-state index in [1.165, 1.54) is 0 Å². The summed E-state index contributed by atoms with van der Waals surface area (Å²) in [4.78, 5) is 39.6. The fourth-order valence-corrected chi connectivity index (χ4v) is 6.61. The zero-order chi connectivity index (χ0) is 30.6. The molecule has 2 atom stereocenters. The number of hydrogen-bond acceptors (Lipinski definition) is 8. The number of phenols is 3. The van der Waals surface area contributed by atoms with Gasteiger partial charge < -0.3 is 25.5 Å². The Bertz CT molecular complexity index is 1230. The van der Waals surface area contributed by atoms with Gasteiger partial charge in [-0.05, 0) is 29.6 Å². The van der Waals surface area contributed by atoms with E-state index in [4.69, 9.17) is 0 Å². The molecule has 0 fully saturated rings. The average Bonchev–Trinajstić information content (AvgIpc) is 2.73. The van der Waals surface area contributed by atoms with Gasteiger partial charge in [-0.3, -0.25) is 14.4 Å². The molecule has 0 saturated heterocycles. The summed E-state index contributed by atoms with van der Waals surface area (Å²) in [6.45, 7) is 15.6. The van der Waals surface area contributed by atoms with Crippen LogP contribution >= 0.6 is 0 Å². The fourth-order valence-electron chi connectivity index (χ4n) is 6.61. The molecular formula is C32H44O8. The predicted molar refractivity (Wildman–Crippen MR) is 152 cm³/mol. The van der Waals surface area contributed by atoms with E-state index in [9.17, 15) is 39.9 Å². The van der Waals surface area contributed by atoms with Crippen molar-refractivity contribution >= 4 is 17.3 Å². The Morgan fingerprint density at radius 3 is 1.20 bits per heavy atom. The number of allylic oxidation sites excluding steroid dienone is 4. The first kappa shape index (κ1) is 31.2. The molecule has 8 heteroatoms. The summed E-state index contributed by atoms with van der Waals surface area (Å²) in [5.41, 5.74) is -1.67. The molecule has 0 bridgehead atoms. The highest BCUT2D eigenvalue weighted by Crippen LogP contribution is 2.56. The maximum atomic E-state index is 13.4. The Hall–Kier alpha value is -3.29. The van der Waals surface area contributed by atoms with E-state index in [1.54, 1.807) is 27.7 Å². The number of hydrogen-bond donors (Lipinski definition) is 5. The van der Waals surface area contributed by atoms with E-state index in [2.05, 4.69) is 0 Å². The van der Waals surface area contributed by atoms with Crippen molar-refractivity contribution in [3.63, 3.8) is 0 Å². The summed E-state index contributed by atoms with van der Waals surface area (Å²) < 4.78 is 0. The van der Waals surface area contributed by atoms with Gasteiger partial charge in [-0.2, -0.15) is 0 Å². The van der Waals surface area contributed by atoms with E-state index in [-0.39, 0.29) is 71.0 Å². The topological polar surface area (TPSA) is 152 Å². The second-order valence-electron chi connectivity index (χ2n) is 13.9. The van der Waals surface area contributed by atoms with Crippen molar-refractivity contribution in [2.24, 2.45) is 22.7 Å². The summed E-state index contributed by atoms with van der Waals surface area (Å²) >= 11 is 0. The van der Waals surface area contributed by atoms with Gasteiger partial charge in [0.15, 0.2) is 17.3 Å². The number of phenolic OH excluding ortho intramolecular Hbond substituents is 3. The van der Waals surface area contributed by atoms with Gasteiger partial charge in [0.05, 0.1) is 0 Å². The number of carbonyl (C=O) groups excluding carboxylic acids is 3. The van der Waals surface area contributed by atoms with Crippen molar-refractivity contribution < 1.29 is 39.9 Å². The molecule has 0 aromatic heterocycles. The van der Waals surface area contributed by atoms with Gasteiger partial charge in [-0.1, -0.05) is 55.4 Å². The number of ketones is 3. The first-order valence-corrected chi connectivity index (χ1v) is 13.9. The lowest BCUT2D eigenvalue weighted by Gasteiger charge is -2.37. The fraction of sp³-hybridized carbons (Fsp3) is 0.594. The minimum atomic E-state index is -1.02. The van der Waals surface area contributed by atoms with E-state index >= 15 is 0 Å². The second kappa shape index (κ2) is 10.6. The summed E-state index contributed by atoms with van der Waals surface area (Å²) in [6, 6.07) is 0. The normalized spacial score (nSPS) is 20.9. The molecule has 0 saturated carbocycles. The molecule has 5 N–H and O–H groups in total. The Morgan fingerprint density at radius 2 is 0.950 bits per heavy atom. The molecule has 0 radical (unpaired) electrons. The first-order valence-electron chi connectivity index (χ1n) is 13.9. The molecule has 3 rings (SSSR count). The molecular weight excluding hydrogens is 512 g/mol. The number of benzene rings is 1. The maximum Gasteiger partial charge on any atom is 0.167 e.